The average molecular weight is 326 g/mol. The van der Waals surface area contributed by atoms with Crippen molar-refractivity contribution in [2.75, 3.05) is 24.0 Å². The summed E-state index contributed by atoms with van der Waals surface area (Å²) in [4.78, 5) is 12.0. The number of amides is 1. The van der Waals surface area contributed by atoms with Gasteiger partial charge < -0.3 is 24.8 Å². The lowest BCUT2D eigenvalue weighted by Crippen LogP contribution is -2.26. The van der Waals surface area contributed by atoms with Crippen LogP contribution in [0.25, 0.3) is 0 Å². The van der Waals surface area contributed by atoms with Gasteiger partial charge in [0.25, 0.3) is 5.91 Å². The molecule has 1 unspecified atom stereocenters. The highest BCUT2D eigenvalue weighted by Gasteiger charge is 2.23. The fourth-order valence-electron chi connectivity index (χ4n) is 2.79. The highest BCUT2D eigenvalue weighted by atomic mass is 16.7. The number of hydrogen-bond donors (Lipinski definition) is 2. The van der Waals surface area contributed by atoms with E-state index < -0.39 is 0 Å². The molecule has 2 heterocycles. The Morgan fingerprint density at radius 1 is 0.958 bits per heavy atom. The van der Waals surface area contributed by atoms with Crippen molar-refractivity contribution in [3.63, 3.8) is 0 Å². The van der Waals surface area contributed by atoms with Gasteiger partial charge in [-0.15, -0.1) is 0 Å². The number of fused-ring (bicyclic) bond motifs is 1. The summed E-state index contributed by atoms with van der Waals surface area (Å²) in [6, 6.07) is 13.3. The molecule has 6 nitrogen and oxygen atoms in total. The number of ether oxygens (including phenoxy) is 3. The average Bonchev–Trinajstić information content (AvgIpc) is 3.27. The maximum Gasteiger partial charge on any atom is 0.253 e. The van der Waals surface area contributed by atoms with Gasteiger partial charge in [-0.1, -0.05) is 0 Å². The number of carbonyl (C=O) groups is 1. The zero-order valence-corrected chi connectivity index (χ0v) is 13.1. The van der Waals surface area contributed by atoms with Gasteiger partial charge in [0.1, 0.15) is 6.10 Å². The summed E-state index contributed by atoms with van der Waals surface area (Å²) in [6.07, 6.45) is 1.41. The van der Waals surface area contributed by atoms with Gasteiger partial charge in [0.15, 0.2) is 11.5 Å². The molecule has 1 saturated heterocycles. The summed E-state index contributed by atoms with van der Waals surface area (Å²) in [5.74, 6) is 1.41. The lowest BCUT2D eigenvalue weighted by Gasteiger charge is -2.11. The summed E-state index contributed by atoms with van der Waals surface area (Å²) >= 11 is 0. The Kier molecular flexibility index (Phi) is 3.96. The van der Waals surface area contributed by atoms with Crippen LogP contribution >= 0.6 is 0 Å². The molecular weight excluding hydrogens is 308 g/mol. The van der Waals surface area contributed by atoms with Gasteiger partial charge in [-0.25, -0.2) is 0 Å². The van der Waals surface area contributed by atoms with E-state index in [0.29, 0.717) is 6.61 Å². The number of carbonyl (C=O) groups excluding carboxylic acids is 1. The molecule has 124 valence electrons. The summed E-state index contributed by atoms with van der Waals surface area (Å²) in [5.41, 5.74) is 2.59. The Morgan fingerprint density at radius 3 is 2.50 bits per heavy atom. The molecule has 0 aromatic heterocycles. The maximum atomic E-state index is 12.0. The zero-order chi connectivity index (χ0) is 16.4. The number of rotatable bonds is 4. The first-order chi connectivity index (χ1) is 11.8. The Labute approximate surface area is 139 Å². The van der Waals surface area contributed by atoms with Crippen molar-refractivity contribution in [1.29, 1.82) is 0 Å². The second-order valence-corrected chi connectivity index (χ2v) is 5.76. The van der Waals surface area contributed by atoms with Crippen LogP contribution in [0.5, 0.6) is 11.5 Å². The lowest BCUT2D eigenvalue weighted by atomic mass is 10.2. The minimum Gasteiger partial charge on any atom is -0.454 e. The number of hydrogen-bond acceptors (Lipinski definition) is 5. The van der Waals surface area contributed by atoms with Gasteiger partial charge in [0.2, 0.25) is 6.79 Å². The van der Waals surface area contributed by atoms with E-state index in [0.717, 1.165) is 41.4 Å². The molecular formula is C18H18N2O4. The van der Waals surface area contributed by atoms with Crippen LogP contribution in [-0.4, -0.2) is 25.4 Å². The molecule has 1 fully saturated rings. The molecule has 2 aromatic carbocycles. The molecule has 0 spiro atoms. The van der Waals surface area contributed by atoms with Crippen LogP contribution in [0.2, 0.25) is 0 Å². The first-order valence-corrected chi connectivity index (χ1v) is 7.97. The largest absolute Gasteiger partial charge is 0.454 e. The smallest absolute Gasteiger partial charge is 0.253 e. The summed E-state index contributed by atoms with van der Waals surface area (Å²) in [6.45, 7) is 0.925. The van der Waals surface area contributed by atoms with Crippen LogP contribution in [0.1, 0.15) is 12.8 Å². The molecule has 24 heavy (non-hydrogen) atoms. The molecule has 2 aliphatic heterocycles. The van der Waals surface area contributed by atoms with Crippen molar-refractivity contribution < 1.29 is 19.0 Å². The molecule has 2 N–H and O–H groups in total. The number of anilines is 3. The standard InChI is InChI=1S/C18H18N2O4/c21-18(16-2-1-9-22-16)20-13-5-3-12(4-6-13)19-14-7-8-15-17(10-14)24-11-23-15/h3-8,10,16,19H,1-2,9,11H2,(H,20,21). The van der Waals surface area contributed by atoms with Gasteiger partial charge >= 0.3 is 0 Å². The number of nitrogens with one attached hydrogen (secondary N) is 2. The highest BCUT2D eigenvalue weighted by Crippen LogP contribution is 2.35. The van der Waals surface area contributed by atoms with E-state index in [1.807, 2.05) is 42.5 Å². The Balaban J connectivity index is 1.39. The Hall–Kier alpha value is -2.73. The Morgan fingerprint density at radius 2 is 1.71 bits per heavy atom. The first-order valence-electron chi connectivity index (χ1n) is 7.97. The van der Waals surface area contributed by atoms with Crippen molar-refractivity contribution in [2.45, 2.75) is 18.9 Å². The SMILES string of the molecule is O=C(Nc1ccc(Nc2ccc3c(c2)OCO3)cc1)C1CCCO1. The third-order valence-electron chi connectivity index (χ3n) is 4.04. The Bertz CT molecular complexity index is 739. The van der Waals surface area contributed by atoms with Crippen LogP contribution in [0, 0.1) is 0 Å². The first kappa shape index (κ1) is 14.8. The van der Waals surface area contributed by atoms with Crippen molar-refractivity contribution in [3.8, 4) is 11.5 Å². The molecule has 0 bridgehead atoms. The van der Waals surface area contributed by atoms with E-state index in [9.17, 15) is 4.79 Å². The highest BCUT2D eigenvalue weighted by molar-refractivity contribution is 5.94. The van der Waals surface area contributed by atoms with Gasteiger partial charge in [0, 0.05) is 29.7 Å². The van der Waals surface area contributed by atoms with Gasteiger partial charge in [0.05, 0.1) is 0 Å². The van der Waals surface area contributed by atoms with Crippen LogP contribution < -0.4 is 20.1 Å². The van der Waals surface area contributed by atoms with Crippen LogP contribution in [0.3, 0.4) is 0 Å². The summed E-state index contributed by atoms with van der Waals surface area (Å²) in [7, 11) is 0. The van der Waals surface area contributed by atoms with Crippen LogP contribution in [-0.2, 0) is 9.53 Å². The fraction of sp³-hybridized carbons (Fsp3) is 0.278. The van der Waals surface area contributed by atoms with Crippen LogP contribution in [0.15, 0.2) is 42.5 Å². The lowest BCUT2D eigenvalue weighted by molar-refractivity contribution is -0.124. The van der Waals surface area contributed by atoms with E-state index in [1.165, 1.54) is 0 Å². The molecule has 1 amide bonds. The van der Waals surface area contributed by atoms with E-state index in [1.54, 1.807) is 0 Å². The molecule has 4 rings (SSSR count). The predicted octanol–water partition coefficient (Wildman–Crippen LogP) is 3.28. The molecule has 2 aromatic rings. The molecule has 0 saturated carbocycles. The van der Waals surface area contributed by atoms with Crippen molar-refractivity contribution in [1.82, 2.24) is 0 Å². The minimum atomic E-state index is -0.323. The van der Waals surface area contributed by atoms with Crippen molar-refractivity contribution >= 4 is 23.0 Å². The second kappa shape index (κ2) is 6.41. The third-order valence-corrected chi connectivity index (χ3v) is 4.04. The molecule has 0 aliphatic carbocycles. The van der Waals surface area contributed by atoms with Crippen molar-refractivity contribution in [3.05, 3.63) is 42.5 Å². The van der Waals surface area contributed by atoms with E-state index in [-0.39, 0.29) is 18.8 Å². The molecule has 1 atom stereocenters. The van der Waals surface area contributed by atoms with E-state index in [2.05, 4.69) is 10.6 Å². The summed E-state index contributed by atoms with van der Waals surface area (Å²) < 4.78 is 16.0. The second-order valence-electron chi connectivity index (χ2n) is 5.76. The van der Waals surface area contributed by atoms with Crippen LogP contribution in [0.4, 0.5) is 17.1 Å². The minimum absolute atomic E-state index is 0.0796. The van der Waals surface area contributed by atoms with Gasteiger partial charge in [-0.05, 0) is 49.2 Å². The quantitative estimate of drug-likeness (QED) is 0.902. The van der Waals surface area contributed by atoms with E-state index >= 15 is 0 Å². The van der Waals surface area contributed by atoms with Gasteiger partial charge in [-0.3, -0.25) is 4.79 Å². The molecule has 6 heteroatoms. The maximum absolute atomic E-state index is 12.0. The third kappa shape index (κ3) is 3.14. The topological polar surface area (TPSA) is 68.8 Å². The van der Waals surface area contributed by atoms with Crippen molar-refractivity contribution in [2.24, 2.45) is 0 Å². The van der Waals surface area contributed by atoms with Gasteiger partial charge in [-0.2, -0.15) is 0 Å². The number of benzene rings is 2. The molecule has 0 radical (unpaired) electrons. The molecule has 2 aliphatic rings. The van der Waals surface area contributed by atoms with E-state index in [4.69, 9.17) is 14.2 Å². The normalized spacial score (nSPS) is 18.4. The summed E-state index contributed by atoms with van der Waals surface area (Å²) in [5, 5.41) is 6.18. The monoisotopic (exact) mass is 326 g/mol. The zero-order valence-electron chi connectivity index (χ0n) is 13.1. The fourth-order valence-corrected chi connectivity index (χ4v) is 2.79. The predicted molar refractivity (Wildman–Crippen MR) is 89.9 cm³/mol.